The van der Waals surface area contributed by atoms with Crippen LogP contribution in [-0.2, 0) is 10.4 Å². The van der Waals surface area contributed by atoms with Crippen molar-refractivity contribution in [1.82, 2.24) is 0 Å². The fourth-order valence-corrected chi connectivity index (χ4v) is 3.67. The molecule has 1 amide bonds. The first kappa shape index (κ1) is 11.0. The highest BCUT2D eigenvalue weighted by Gasteiger charge is 2.47. The zero-order valence-corrected chi connectivity index (χ0v) is 11.0. The van der Waals surface area contributed by atoms with Crippen LogP contribution in [0.15, 0.2) is 39.5 Å². The lowest BCUT2D eigenvalue weighted by Gasteiger charge is -2.20. The third-order valence-corrected chi connectivity index (χ3v) is 4.60. The molecule has 0 radical (unpaired) electrons. The number of nitrogens with one attached hydrogen (secondary N) is 1. The van der Waals surface area contributed by atoms with Gasteiger partial charge >= 0.3 is 0 Å². The Morgan fingerprint density at radius 3 is 2.71 bits per heavy atom. The molecule has 17 heavy (non-hydrogen) atoms. The third-order valence-electron chi connectivity index (χ3n) is 2.90. The second-order valence-corrected chi connectivity index (χ2v) is 5.44. The van der Waals surface area contributed by atoms with Crippen LogP contribution < -0.4 is 5.32 Å². The van der Waals surface area contributed by atoms with Gasteiger partial charge in [-0.2, -0.15) is 11.3 Å². The first-order valence-electron chi connectivity index (χ1n) is 4.99. The molecule has 2 aromatic rings. The van der Waals surface area contributed by atoms with Crippen LogP contribution in [0, 0.1) is 0 Å². The number of fused-ring (bicyclic) bond motifs is 1. The normalized spacial score (nSPS) is 22.4. The van der Waals surface area contributed by atoms with E-state index in [0.29, 0.717) is 16.8 Å². The van der Waals surface area contributed by atoms with E-state index in [2.05, 4.69) is 21.2 Å². The van der Waals surface area contributed by atoms with Gasteiger partial charge in [0.25, 0.3) is 5.91 Å². The zero-order valence-electron chi connectivity index (χ0n) is 8.61. The van der Waals surface area contributed by atoms with Crippen molar-refractivity contribution >= 4 is 38.9 Å². The minimum Gasteiger partial charge on any atom is -0.372 e. The maximum atomic E-state index is 12.0. The fourth-order valence-electron chi connectivity index (χ4n) is 2.05. The molecule has 3 rings (SSSR count). The largest absolute Gasteiger partial charge is 0.372 e. The van der Waals surface area contributed by atoms with Crippen molar-refractivity contribution in [3.63, 3.8) is 0 Å². The molecule has 0 spiro atoms. The zero-order chi connectivity index (χ0) is 12.0. The van der Waals surface area contributed by atoms with E-state index >= 15 is 0 Å². The highest BCUT2D eigenvalue weighted by Crippen LogP contribution is 2.44. The van der Waals surface area contributed by atoms with Gasteiger partial charge in [0.2, 0.25) is 0 Å². The molecular weight excluding hydrogens is 302 g/mol. The quantitative estimate of drug-likeness (QED) is 0.851. The van der Waals surface area contributed by atoms with Crippen molar-refractivity contribution < 1.29 is 9.90 Å². The van der Waals surface area contributed by atoms with Crippen LogP contribution in [0.3, 0.4) is 0 Å². The van der Waals surface area contributed by atoms with E-state index in [1.165, 1.54) is 11.3 Å². The Kier molecular flexibility index (Phi) is 2.36. The molecule has 2 N–H and O–H groups in total. The average molecular weight is 310 g/mol. The van der Waals surface area contributed by atoms with Gasteiger partial charge in [-0.05, 0) is 27.4 Å². The standard InChI is InChI=1S/C12H8BrNO2S/c13-9-6-17-5-8(9)12(16)7-3-1-2-4-10(7)14-11(12)15/h1-6,16H,(H,14,15). The Morgan fingerprint density at radius 2 is 2.00 bits per heavy atom. The molecule has 0 aliphatic carbocycles. The van der Waals surface area contributed by atoms with Gasteiger partial charge in [0.1, 0.15) is 0 Å². The monoisotopic (exact) mass is 309 g/mol. The molecule has 0 saturated carbocycles. The van der Waals surface area contributed by atoms with E-state index in [9.17, 15) is 9.90 Å². The molecule has 1 unspecified atom stereocenters. The number of benzene rings is 1. The van der Waals surface area contributed by atoms with Gasteiger partial charge in [0.15, 0.2) is 5.60 Å². The van der Waals surface area contributed by atoms with Gasteiger partial charge < -0.3 is 10.4 Å². The minimum absolute atomic E-state index is 0.405. The Morgan fingerprint density at radius 1 is 1.24 bits per heavy atom. The molecule has 2 heterocycles. The summed E-state index contributed by atoms with van der Waals surface area (Å²) in [6.45, 7) is 0. The fraction of sp³-hybridized carbons (Fsp3) is 0.0833. The summed E-state index contributed by atoms with van der Waals surface area (Å²) >= 11 is 4.80. The van der Waals surface area contributed by atoms with Crippen LogP contribution in [0.1, 0.15) is 11.1 Å². The summed E-state index contributed by atoms with van der Waals surface area (Å²) in [6.07, 6.45) is 0. The van der Waals surface area contributed by atoms with Crippen LogP contribution in [0.25, 0.3) is 0 Å². The van der Waals surface area contributed by atoms with Gasteiger partial charge in [-0.15, -0.1) is 0 Å². The number of aliphatic hydroxyl groups is 1. The topological polar surface area (TPSA) is 49.3 Å². The van der Waals surface area contributed by atoms with Gasteiger partial charge in [0, 0.05) is 26.7 Å². The molecule has 0 bridgehead atoms. The Balaban J connectivity index is 2.27. The van der Waals surface area contributed by atoms with Crippen molar-refractivity contribution in [2.75, 3.05) is 5.32 Å². The summed E-state index contributed by atoms with van der Waals surface area (Å²) in [6, 6.07) is 7.18. The molecule has 1 aliphatic rings. The predicted molar refractivity (Wildman–Crippen MR) is 70.1 cm³/mol. The Bertz CT molecular complexity index is 610. The third kappa shape index (κ3) is 1.40. The molecule has 1 aromatic heterocycles. The van der Waals surface area contributed by atoms with Crippen molar-refractivity contribution in [2.45, 2.75) is 5.60 Å². The number of carbonyl (C=O) groups excluding carboxylic acids is 1. The highest BCUT2D eigenvalue weighted by molar-refractivity contribution is 9.10. The van der Waals surface area contributed by atoms with Gasteiger partial charge in [-0.1, -0.05) is 18.2 Å². The van der Waals surface area contributed by atoms with E-state index in [4.69, 9.17) is 0 Å². The second kappa shape index (κ2) is 3.66. The Labute approximate surface area is 110 Å². The molecule has 0 fully saturated rings. The van der Waals surface area contributed by atoms with Crippen LogP contribution in [0.4, 0.5) is 5.69 Å². The number of hydrogen-bond donors (Lipinski definition) is 2. The summed E-state index contributed by atoms with van der Waals surface area (Å²) in [7, 11) is 0. The average Bonchev–Trinajstić information content (AvgIpc) is 2.84. The molecule has 86 valence electrons. The molecule has 1 atom stereocenters. The van der Waals surface area contributed by atoms with Crippen molar-refractivity contribution in [1.29, 1.82) is 0 Å². The summed E-state index contributed by atoms with van der Waals surface area (Å²) < 4.78 is 0.747. The number of amides is 1. The van der Waals surface area contributed by atoms with Crippen LogP contribution in [0.2, 0.25) is 0 Å². The van der Waals surface area contributed by atoms with E-state index in [-0.39, 0.29) is 0 Å². The lowest BCUT2D eigenvalue weighted by Crippen LogP contribution is -2.35. The lowest BCUT2D eigenvalue weighted by molar-refractivity contribution is -0.129. The number of carbonyl (C=O) groups is 1. The van der Waals surface area contributed by atoms with Gasteiger partial charge in [-0.25, -0.2) is 0 Å². The lowest BCUT2D eigenvalue weighted by atomic mass is 9.89. The number of thiophene rings is 1. The van der Waals surface area contributed by atoms with Crippen molar-refractivity contribution in [3.8, 4) is 0 Å². The number of halogens is 1. The molecule has 1 aliphatic heterocycles. The summed E-state index contributed by atoms with van der Waals surface area (Å²) in [5.74, 6) is -0.405. The molecule has 0 saturated heterocycles. The van der Waals surface area contributed by atoms with Crippen LogP contribution in [0.5, 0.6) is 0 Å². The maximum Gasteiger partial charge on any atom is 0.265 e. The highest BCUT2D eigenvalue weighted by atomic mass is 79.9. The first-order valence-corrected chi connectivity index (χ1v) is 6.73. The molecule has 3 nitrogen and oxygen atoms in total. The van der Waals surface area contributed by atoms with Gasteiger partial charge in [0.05, 0.1) is 0 Å². The Hall–Kier alpha value is -1.17. The molecule has 5 heteroatoms. The van der Waals surface area contributed by atoms with E-state index in [1.54, 1.807) is 17.5 Å². The van der Waals surface area contributed by atoms with E-state index < -0.39 is 11.5 Å². The van der Waals surface area contributed by atoms with Crippen LogP contribution >= 0.6 is 27.3 Å². The summed E-state index contributed by atoms with van der Waals surface area (Å²) in [4.78, 5) is 12.0. The molecular formula is C12H8BrNO2S. The van der Waals surface area contributed by atoms with Crippen LogP contribution in [-0.4, -0.2) is 11.0 Å². The number of rotatable bonds is 1. The minimum atomic E-state index is -1.59. The predicted octanol–water partition coefficient (Wildman–Crippen LogP) is 2.70. The number of hydrogen-bond acceptors (Lipinski definition) is 3. The maximum absolute atomic E-state index is 12.0. The van der Waals surface area contributed by atoms with Crippen molar-refractivity contribution in [2.24, 2.45) is 0 Å². The second-order valence-electron chi connectivity index (χ2n) is 3.84. The number of para-hydroxylation sites is 1. The number of anilines is 1. The summed E-state index contributed by atoms with van der Waals surface area (Å²) in [5.41, 5.74) is 0.266. The first-order chi connectivity index (χ1) is 8.14. The van der Waals surface area contributed by atoms with Gasteiger partial charge in [-0.3, -0.25) is 4.79 Å². The van der Waals surface area contributed by atoms with Crippen molar-refractivity contribution in [3.05, 3.63) is 50.6 Å². The summed E-state index contributed by atoms with van der Waals surface area (Å²) in [5, 5.41) is 17.0. The SMILES string of the molecule is O=C1Nc2ccccc2C1(O)c1cscc1Br. The van der Waals surface area contributed by atoms with E-state index in [1.807, 2.05) is 17.5 Å². The smallest absolute Gasteiger partial charge is 0.265 e. The van der Waals surface area contributed by atoms with E-state index in [0.717, 1.165) is 4.47 Å². The molecule has 1 aromatic carbocycles.